The summed E-state index contributed by atoms with van der Waals surface area (Å²) < 4.78 is 32.0. The van der Waals surface area contributed by atoms with Crippen LogP contribution in [0.4, 0.5) is 5.69 Å². The fourth-order valence-corrected chi connectivity index (χ4v) is 3.35. The van der Waals surface area contributed by atoms with Gasteiger partial charge in [0.2, 0.25) is 15.9 Å². The van der Waals surface area contributed by atoms with E-state index in [2.05, 4.69) is 10.0 Å². The number of anilines is 1. The third-order valence-corrected chi connectivity index (χ3v) is 4.85. The highest BCUT2D eigenvalue weighted by Crippen LogP contribution is 2.15. The Bertz CT molecular complexity index is 788. The van der Waals surface area contributed by atoms with Crippen molar-refractivity contribution in [1.82, 2.24) is 4.72 Å². The molecule has 6 nitrogen and oxygen atoms in total. The van der Waals surface area contributed by atoms with Gasteiger partial charge in [-0.25, -0.2) is 13.1 Å². The summed E-state index contributed by atoms with van der Waals surface area (Å²) in [5, 5.41) is 2.71. The van der Waals surface area contributed by atoms with Gasteiger partial charge in [-0.15, -0.1) is 0 Å². The zero-order valence-electron chi connectivity index (χ0n) is 14.2. The molecule has 1 amide bonds. The first kappa shape index (κ1) is 19.0. The van der Waals surface area contributed by atoms with Crippen molar-refractivity contribution in [3.8, 4) is 5.75 Å². The molecule has 0 radical (unpaired) electrons. The zero-order chi connectivity index (χ0) is 18.3. The van der Waals surface area contributed by atoms with E-state index in [-0.39, 0.29) is 29.9 Å². The lowest BCUT2D eigenvalue weighted by Gasteiger charge is -2.10. The second kappa shape index (κ2) is 8.64. The maximum Gasteiger partial charge on any atom is 0.240 e. The lowest BCUT2D eigenvalue weighted by Crippen LogP contribution is -2.30. The molecule has 0 spiro atoms. The van der Waals surface area contributed by atoms with E-state index in [9.17, 15) is 13.2 Å². The molecule has 0 aromatic heterocycles. The Morgan fingerprint density at radius 2 is 1.68 bits per heavy atom. The molecule has 0 heterocycles. The molecular weight excluding hydrogens is 340 g/mol. The monoisotopic (exact) mass is 362 g/mol. The number of para-hydroxylation sites is 1. The number of carbonyl (C=O) groups is 1. The lowest BCUT2D eigenvalue weighted by atomic mass is 10.3. The average Bonchev–Trinajstić information content (AvgIpc) is 2.55. The van der Waals surface area contributed by atoms with Crippen molar-refractivity contribution in [1.29, 1.82) is 0 Å². The number of ether oxygens (including phenoxy) is 1. The summed E-state index contributed by atoms with van der Waals surface area (Å²) in [6, 6.07) is 15.1. The zero-order valence-corrected chi connectivity index (χ0v) is 15.0. The Kier molecular flexibility index (Phi) is 6.55. The van der Waals surface area contributed by atoms with E-state index >= 15 is 0 Å². The molecule has 0 saturated carbocycles. The summed E-state index contributed by atoms with van der Waals surface area (Å²) in [6.07, 6.45) is 0.198. The highest BCUT2D eigenvalue weighted by molar-refractivity contribution is 7.89. The van der Waals surface area contributed by atoms with Crippen molar-refractivity contribution in [3.05, 3.63) is 54.6 Å². The van der Waals surface area contributed by atoms with E-state index in [1.165, 1.54) is 12.1 Å². The minimum Gasteiger partial charge on any atom is -0.493 e. The Balaban J connectivity index is 1.85. The molecular formula is C18H22N2O4S. The first-order valence-corrected chi connectivity index (χ1v) is 9.45. The Hall–Kier alpha value is -2.38. The van der Waals surface area contributed by atoms with Crippen LogP contribution in [0.25, 0.3) is 0 Å². The summed E-state index contributed by atoms with van der Waals surface area (Å²) in [6.45, 7) is 3.77. The molecule has 0 aliphatic heterocycles. The number of sulfonamides is 1. The summed E-state index contributed by atoms with van der Waals surface area (Å²) in [4.78, 5) is 12.1. The Morgan fingerprint density at radius 1 is 1.04 bits per heavy atom. The van der Waals surface area contributed by atoms with Gasteiger partial charge < -0.3 is 10.1 Å². The summed E-state index contributed by atoms with van der Waals surface area (Å²) in [7, 11) is -3.53. The molecule has 2 aromatic rings. The topological polar surface area (TPSA) is 84.5 Å². The van der Waals surface area contributed by atoms with E-state index in [1.54, 1.807) is 26.0 Å². The van der Waals surface area contributed by atoms with Crippen LogP contribution in [0.3, 0.4) is 0 Å². The maximum atomic E-state index is 12.0. The number of hydrogen-bond acceptors (Lipinski definition) is 4. The Morgan fingerprint density at radius 3 is 2.28 bits per heavy atom. The average molecular weight is 362 g/mol. The molecule has 7 heteroatoms. The highest BCUT2D eigenvalue weighted by Gasteiger charge is 2.15. The molecule has 2 rings (SSSR count). The van der Waals surface area contributed by atoms with Gasteiger partial charge in [-0.05, 0) is 50.2 Å². The van der Waals surface area contributed by atoms with Crippen molar-refractivity contribution >= 4 is 21.6 Å². The van der Waals surface area contributed by atoms with Gasteiger partial charge in [0, 0.05) is 11.7 Å². The van der Waals surface area contributed by atoms with Gasteiger partial charge in [0.1, 0.15) is 5.75 Å². The van der Waals surface area contributed by atoms with Crippen LogP contribution in [0.1, 0.15) is 20.3 Å². The third-order valence-electron chi connectivity index (χ3n) is 3.18. The van der Waals surface area contributed by atoms with Crippen LogP contribution in [-0.2, 0) is 14.8 Å². The number of amides is 1. The number of benzene rings is 2. The van der Waals surface area contributed by atoms with E-state index < -0.39 is 10.0 Å². The number of carbonyl (C=O) groups excluding carboxylic acids is 1. The van der Waals surface area contributed by atoms with Crippen LogP contribution in [0.2, 0.25) is 0 Å². The SMILES string of the molecule is CC(C)NS(=O)(=O)c1ccc(NC(=O)CCOc2ccccc2)cc1. The van der Waals surface area contributed by atoms with Gasteiger partial charge in [-0.3, -0.25) is 4.79 Å². The van der Waals surface area contributed by atoms with Crippen molar-refractivity contribution in [2.24, 2.45) is 0 Å². The summed E-state index contributed by atoms with van der Waals surface area (Å²) in [5.41, 5.74) is 0.535. The fraction of sp³-hybridized carbons (Fsp3) is 0.278. The predicted octanol–water partition coefficient (Wildman–Crippen LogP) is 2.78. The smallest absolute Gasteiger partial charge is 0.240 e. The van der Waals surface area contributed by atoms with E-state index in [0.29, 0.717) is 11.4 Å². The molecule has 0 aliphatic rings. The largest absolute Gasteiger partial charge is 0.493 e. The van der Waals surface area contributed by atoms with Gasteiger partial charge in [-0.2, -0.15) is 0 Å². The van der Waals surface area contributed by atoms with Crippen LogP contribution in [-0.4, -0.2) is 27.0 Å². The van der Waals surface area contributed by atoms with E-state index in [4.69, 9.17) is 4.74 Å². The molecule has 134 valence electrons. The van der Waals surface area contributed by atoms with Crippen LogP contribution in [0.15, 0.2) is 59.5 Å². The van der Waals surface area contributed by atoms with Gasteiger partial charge in [0.05, 0.1) is 17.9 Å². The second-order valence-corrected chi connectivity index (χ2v) is 7.47. The van der Waals surface area contributed by atoms with Crippen molar-refractivity contribution in [3.63, 3.8) is 0 Å². The molecule has 25 heavy (non-hydrogen) atoms. The molecule has 0 bridgehead atoms. The van der Waals surface area contributed by atoms with Gasteiger partial charge in [-0.1, -0.05) is 18.2 Å². The van der Waals surface area contributed by atoms with Crippen molar-refractivity contribution in [2.45, 2.75) is 31.2 Å². The molecule has 2 aromatic carbocycles. The van der Waals surface area contributed by atoms with E-state index in [0.717, 1.165) is 0 Å². The van der Waals surface area contributed by atoms with E-state index in [1.807, 2.05) is 30.3 Å². The highest BCUT2D eigenvalue weighted by atomic mass is 32.2. The molecule has 0 unspecified atom stereocenters. The van der Waals surface area contributed by atoms with Gasteiger partial charge in [0.15, 0.2) is 0 Å². The molecule has 2 N–H and O–H groups in total. The van der Waals surface area contributed by atoms with Crippen molar-refractivity contribution in [2.75, 3.05) is 11.9 Å². The fourth-order valence-electron chi connectivity index (χ4n) is 2.10. The number of nitrogens with one attached hydrogen (secondary N) is 2. The molecule has 0 saturated heterocycles. The van der Waals surface area contributed by atoms with Gasteiger partial charge >= 0.3 is 0 Å². The maximum absolute atomic E-state index is 12.0. The lowest BCUT2D eigenvalue weighted by molar-refractivity contribution is -0.116. The quantitative estimate of drug-likeness (QED) is 0.756. The minimum absolute atomic E-state index is 0.159. The number of hydrogen-bond donors (Lipinski definition) is 2. The van der Waals surface area contributed by atoms with Crippen LogP contribution >= 0.6 is 0 Å². The summed E-state index contributed by atoms with van der Waals surface area (Å²) >= 11 is 0. The van der Waals surface area contributed by atoms with Gasteiger partial charge in [0.25, 0.3) is 0 Å². The predicted molar refractivity (Wildman–Crippen MR) is 97.1 cm³/mol. The second-order valence-electron chi connectivity index (χ2n) is 5.76. The standard InChI is InChI=1S/C18H22N2O4S/c1-14(2)20-25(22,23)17-10-8-15(9-11-17)19-18(21)12-13-24-16-6-4-3-5-7-16/h3-11,14,20H,12-13H2,1-2H3,(H,19,21). The first-order chi connectivity index (χ1) is 11.9. The summed E-state index contributed by atoms with van der Waals surface area (Å²) in [5.74, 6) is 0.509. The first-order valence-electron chi connectivity index (χ1n) is 7.97. The van der Waals surface area contributed by atoms with Crippen molar-refractivity contribution < 1.29 is 17.9 Å². The number of rotatable bonds is 8. The third kappa shape index (κ3) is 6.21. The van der Waals surface area contributed by atoms with Crippen LogP contribution in [0, 0.1) is 0 Å². The van der Waals surface area contributed by atoms with Crippen LogP contribution in [0.5, 0.6) is 5.75 Å². The minimum atomic E-state index is -3.53. The molecule has 0 fully saturated rings. The molecule has 0 aliphatic carbocycles. The normalized spacial score (nSPS) is 11.3. The molecule has 0 atom stereocenters. The van der Waals surface area contributed by atoms with Crippen LogP contribution < -0.4 is 14.8 Å². The Labute approximate surface area is 148 Å².